The number of amides is 1. The molecule has 0 saturated carbocycles. The Hall–Kier alpha value is -1.46. The summed E-state index contributed by atoms with van der Waals surface area (Å²) in [4.78, 5) is 12.1. The fourth-order valence-electron chi connectivity index (χ4n) is 2.61. The number of nitrogens with one attached hydrogen (secondary N) is 2. The summed E-state index contributed by atoms with van der Waals surface area (Å²) in [5, 5.41) is 6.26. The lowest BCUT2D eigenvalue weighted by molar-refractivity contribution is 0.0512. The number of rotatable bonds is 5. The minimum absolute atomic E-state index is 0.00428. The van der Waals surface area contributed by atoms with Gasteiger partial charge in [0.1, 0.15) is 5.82 Å². The molecule has 1 amide bonds. The molecule has 0 spiro atoms. The van der Waals surface area contributed by atoms with Gasteiger partial charge in [-0.05, 0) is 50.2 Å². The van der Waals surface area contributed by atoms with E-state index in [-0.39, 0.29) is 17.1 Å². The lowest BCUT2D eigenvalue weighted by Crippen LogP contribution is -2.47. The molecule has 0 aliphatic carbocycles. The molecule has 1 aromatic rings. The molecule has 1 aromatic carbocycles. The molecule has 5 heteroatoms. The predicted molar refractivity (Wildman–Crippen MR) is 75.1 cm³/mol. The van der Waals surface area contributed by atoms with Crippen LogP contribution < -0.4 is 10.6 Å². The van der Waals surface area contributed by atoms with Crippen LogP contribution >= 0.6 is 0 Å². The van der Waals surface area contributed by atoms with Crippen LogP contribution in [-0.2, 0) is 4.74 Å². The van der Waals surface area contributed by atoms with Gasteiger partial charge in [0, 0.05) is 24.6 Å². The van der Waals surface area contributed by atoms with E-state index >= 15 is 0 Å². The standard InChI is InChI=1S/C15H21FN2O2/c1-20-11-15(6-8-17-9-7-15)10-18-14(19)12-2-4-13(16)5-3-12/h2-5,17H,6-11H2,1H3,(H,18,19). The maximum Gasteiger partial charge on any atom is 0.251 e. The lowest BCUT2D eigenvalue weighted by Gasteiger charge is -2.37. The molecule has 20 heavy (non-hydrogen) atoms. The second-order valence-corrected chi connectivity index (χ2v) is 5.37. The number of hydrogen-bond acceptors (Lipinski definition) is 3. The zero-order valence-corrected chi connectivity index (χ0v) is 11.7. The smallest absolute Gasteiger partial charge is 0.251 e. The van der Waals surface area contributed by atoms with Crippen molar-refractivity contribution in [2.75, 3.05) is 33.4 Å². The molecular formula is C15H21FN2O2. The topological polar surface area (TPSA) is 50.4 Å². The van der Waals surface area contributed by atoms with E-state index in [1.807, 2.05) is 0 Å². The van der Waals surface area contributed by atoms with Crippen molar-refractivity contribution >= 4 is 5.91 Å². The Bertz CT molecular complexity index is 436. The first-order valence-corrected chi connectivity index (χ1v) is 6.89. The molecule has 2 rings (SSSR count). The van der Waals surface area contributed by atoms with Gasteiger partial charge in [-0.15, -0.1) is 0 Å². The third-order valence-corrected chi connectivity index (χ3v) is 3.85. The quantitative estimate of drug-likeness (QED) is 0.861. The van der Waals surface area contributed by atoms with Gasteiger partial charge >= 0.3 is 0 Å². The fourth-order valence-corrected chi connectivity index (χ4v) is 2.61. The normalized spacial score (nSPS) is 17.7. The molecule has 1 aliphatic heterocycles. The second kappa shape index (κ2) is 6.81. The average Bonchev–Trinajstić information content (AvgIpc) is 2.47. The first-order chi connectivity index (χ1) is 9.65. The molecule has 0 atom stereocenters. The number of hydrogen-bond donors (Lipinski definition) is 2. The molecule has 1 fully saturated rings. The van der Waals surface area contributed by atoms with E-state index in [1.165, 1.54) is 24.3 Å². The molecule has 1 aliphatic rings. The third-order valence-electron chi connectivity index (χ3n) is 3.85. The molecule has 2 N–H and O–H groups in total. The average molecular weight is 280 g/mol. The highest BCUT2D eigenvalue weighted by atomic mass is 19.1. The minimum Gasteiger partial charge on any atom is -0.384 e. The Labute approximate surface area is 118 Å². The number of ether oxygens (including phenoxy) is 1. The zero-order valence-electron chi connectivity index (χ0n) is 11.7. The van der Waals surface area contributed by atoms with Crippen LogP contribution in [0.25, 0.3) is 0 Å². The highest BCUT2D eigenvalue weighted by Crippen LogP contribution is 2.28. The fraction of sp³-hybridized carbons (Fsp3) is 0.533. The van der Waals surface area contributed by atoms with Gasteiger partial charge in [0.25, 0.3) is 5.91 Å². The molecule has 4 nitrogen and oxygen atoms in total. The highest BCUT2D eigenvalue weighted by molar-refractivity contribution is 5.94. The highest BCUT2D eigenvalue weighted by Gasteiger charge is 2.32. The van der Waals surface area contributed by atoms with Crippen molar-refractivity contribution in [3.05, 3.63) is 35.6 Å². The van der Waals surface area contributed by atoms with Gasteiger partial charge < -0.3 is 15.4 Å². The molecule has 1 saturated heterocycles. The summed E-state index contributed by atoms with van der Waals surface area (Å²) in [5.74, 6) is -0.505. The van der Waals surface area contributed by atoms with E-state index in [4.69, 9.17) is 4.74 Å². The SMILES string of the molecule is COCC1(CNC(=O)c2ccc(F)cc2)CCNCC1. The summed E-state index contributed by atoms with van der Waals surface area (Å²) in [5.41, 5.74) is 0.475. The van der Waals surface area contributed by atoms with Crippen LogP contribution in [0.15, 0.2) is 24.3 Å². The van der Waals surface area contributed by atoms with E-state index in [2.05, 4.69) is 10.6 Å². The lowest BCUT2D eigenvalue weighted by atomic mass is 9.79. The van der Waals surface area contributed by atoms with Crippen LogP contribution in [0.4, 0.5) is 4.39 Å². The van der Waals surface area contributed by atoms with Crippen LogP contribution in [0.2, 0.25) is 0 Å². The number of methoxy groups -OCH3 is 1. The first-order valence-electron chi connectivity index (χ1n) is 6.89. The van der Waals surface area contributed by atoms with Crippen molar-refractivity contribution < 1.29 is 13.9 Å². The van der Waals surface area contributed by atoms with Gasteiger partial charge in [-0.25, -0.2) is 4.39 Å². The zero-order chi connectivity index (χ0) is 14.4. The monoisotopic (exact) mass is 280 g/mol. The second-order valence-electron chi connectivity index (χ2n) is 5.37. The van der Waals surface area contributed by atoms with Crippen LogP contribution in [-0.4, -0.2) is 39.3 Å². The molecule has 0 bridgehead atoms. The molecule has 0 aromatic heterocycles. The van der Waals surface area contributed by atoms with Crippen LogP contribution in [0, 0.1) is 11.2 Å². The number of carbonyl (C=O) groups excluding carboxylic acids is 1. The van der Waals surface area contributed by atoms with Gasteiger partial charge in [-0.3, -0.25) is 4.79 Å². The molecular weight excluding hydrogens is 259 g/mol. The number of benzene rings is 1. The molecule has 110 valence electrons. The Kier molecular flexibility index (Phi) is 5.09. The van der Waals surface area contributed by atoms with Crippen molar-refractivity contribution in [3.8, 4) is 0 Å². The Morgan fingerprint density at radius 3 is 2.60 bits per heavy atom. The predicted octanol–water partition coefficient (Wildman–Crippen LogP) is 1.57. The van der Waals surface area contributed by atoms with Crippen LogP contribution in [0.5, 0.6) is 0 Å². The largest absolute Gasteiger partial charge is 0.384 e. The van der Waals surface area contributed by atoms with Crippen molar-refractivity contribution in [1.82, 2.24) is 10.6 Å². The molecule has 1 heterocycles. The van der Waals surface area contributed by atoms with E-state index in [0.717, 1.165) is 25.9 Å². The summed E-state index contributed by atoms with van der Waals surface area (Å²) in [6, 6.07) is 5.58. The number of piperidine rings is 1. The van der Waals surface area contributed by atoms with E-state index < -0.39 is 0 Å². The van der Waals surface area contributed by atoms with Gasteiger partial charge in [0.05, 0.1) is 6.61 Å². The summed E-state index contributed by atoms with van der Waals surface area (Å²) < 4.78 is 18.1. The van der Waals surface area contributed by atoms with E-state index in [1.54, 1.807) is 7.11 Å². The molecule has 0 unspecified atom stereocenters. The Morgan fingerprint density at radius 2 is 2.00 bits per heavy atom. The maximum absolute atomic E-state index is 12.8. The van der Waals surface area contributed by atoms with Gasteiger partial charge in [0.15, 0.2) is 0 Å². The van der Waals surface area contributed by atoms with E-state index in [0.29, 0.717) is 18.7 Å². The Balaban J connectivity index is 1.94. The first kappa shape index (κ1) is 14.9. The number of carbonyl (C=O) groups is 1. The summed E-state index contributed by atoms with van der Waals surface area (Å²) >= 11 is 0. The van der Waals surface area contributed by atoms with Crippen molar-refractivity contribution in [1.29, 1.82) is 0 Å². The third kappa shape index (κ3) is 3.77. The van der Waals surface area contributed by atoms with Gasteiger partial charge in [-0.1, -0.05) is 0 Å². The summed E-state index contributed by atoms with van der Waals surface area (Å²) in [6.45, 7) is 3.10. The Morgan fingerprint density at radius 1 is 1.35 bits per heavy atom. The van der Waals surface area contributed by atoms with Crippen molar-refractivity contribution in [3.63, 3.8) is 0 Å². The van der Waals surface area contributed by atoms with Crippen molar-refractivity contribution in [2.45, 2.75) is 12.8 Å². The van der Waals surface area contributed by atoms with E-state index in [9.17, 15) is 9.18 Å². The molecule has 0 radical (unpaired) electrons. The van der Waals surface area contributed by atoms with Crippen molar-refractivity contribution in [2.24, 2.45) is 5.41 Å². The minimum atomic E-state index is -0.337. The maximum atomic E-state index is 12.8. The summed E-state index contributed by atoms with van der Waals surface area (Å²) in [6.07, 6.45) is 1.95. The van der Waals surface area contributed by atoms with Crippen LogP contribution in [0.1, 0.15) is 23.2 Å². The van der Waals surface area contributed by atoms with Gasteiger partial charge in [0.2, 0.25) is 0 Å². The number of halogens is 1. The summed E-state index contributed by atoms with van der Waals surface area (Å²) in [7, 11) is 1.69. The van der Waals surface area contributed by atoms with Crippen LogP contribution in [0.3, 0.4) is 0 Å². The van der Waals surface area contributed by atoms with Gasteiger partial charge in [-0.2, -0.15) is 0 Å².